The summed E-state index contributed by atoms with van der Waals surface area (Å²) < 4.78 is 17.1. The maximum Gasteiger partial charge on any atom is 0.410 e. The van der Waals surface area contributed by atoms with Gasteiger partial charge < -0.3 is 23.8 Å². The largest absolute Gasteiger partial charge is 0.444 e. The second kappa shape index (κ2) is 12.8. The third kappa shape index (κ3) is 7.23. The lowest BCUT2D eigenvalue weighted by Gasteiger charge is -2.27. The molecule has 0 radical (unpaired) electrons. The fourth-order valence-corrected chi connectivity index (χ4v) is 6.60. The summed E-state index contributed by atoms with van der Waals surface area (Å²) in [7, 11) is 0.469. The molecule has 0 atom stereocenters. The van der Waals surface area contributed by atoms with E-state index in [9.17, 15) is 9.59 Å². The van der Waals surface area contributed by atoms with E-state index in [1.54, 1.807) is 16.5 Å². The van der Waals surface area contributed by atoms with Gasteiger partial charge in [-0.15, -0.1) is 0 Å². The summed E-state index contributed by atoms with van der Waals surface area (Å²) in [4.78, 5) is 35.9. The standard InChI is InChI=1S/C32H46ClN7O4Si/c1-9-40-20-24-25(35-40)12-11-22(27(24)33)23-19-39(21-43-17-18-45(6,7)8)28-26(23)29(41)36(5)30(34-28)37-13-10-14-38(16-15-37)31(42)44-32(2,3)4/h11-12,19-20H,9-10,13-18,21H2,1-8H3. The zero-order valence-corrected chi connectivity index (χ0v) is 29.6. The predicted octanol–water partition coefficient (Wildman–Crippen LogP) is 6.18. The van der Waals surface area contributed by atoms with Crippen molar-refractivity contribution in [2.75, 3.05) is 37.7 Å². The number of aromatic nitrogens is 5. The number of rotatable bonds is 8. The second-order valence-corrected chi connectivity index (χ2v) is 20.0. The molecule has 1 aliphatic rings. The third-order valence-electron chi connectivity index (χ3n) is 8.02. The Morgan fingerprint density at radius 2 is 1.82 bits per heavy atom. The van der Waals surface area contributed by atoms with Crippen molar-refractivity contribution in [2.24, 2.45) is 7.05 Å². The molecule has 4 aromatic rings. The van der Waals surface area contributed by atoms with Crippen LogP contribution in [0.1, 0.15) is 34.1 Å². The predicted molar refractivity (Wildman–Crippen MR) is 183 cm³/mol. The van der Waals surface area contributed by atoms with Gasteiger partial charge in [0.05, 0.1) is 15.9 Å². The van der Waals surface area contributed by atoms with Gasteiger partial charge in [0, 0.05) is 83.4 Å². The molecule has 0 unspecified atom stereocenters. The van der Waals surface area contributed by atoms with Gasteiger partial charge in [-0.25, -0.2) is 4.79 Å². The van der Waals surface area contributed by atoms with Gasteiger partial charge in [-0.1, -0.05) is 37.3 Å². The lowest BCUT2D eigenvalue weighted by molar-refractivity contribution is 0.0263. The molecule has 244 valence electrons. The van der Waals surface area contributed by atoms with Crippen LogP contribution in [0.25, 0.3) is 33.1 Å². The van der Waals surface area contributed by atoms with E-state index >= 15 is 0 Å². The van der Waals surface area contributed by atoms with Gasteiger partial charge in [-0.05, 0) is 46.2 Å². The first-order chi connectivity index (χ1) is 21.2. The van der Waals surface area contributed by atoms with E-state index < -0.39 is 13.7 Å². The lowest BCUT2D eigenvalue weighted by atomic mass is 10.0. The van der Waals surface area contributed by atoms with Gasteiger partial charge in [0.25, 0.3) is 5.56 Å². The first-order valence-corrected chi connectivity index (χ1v) is 19.8. The average molecular weight is 656 g/mol. The Morgan fingerprint density at radius 3 is 2.51 bits per heavy atom. The smallest absolute Gasteiger partial charge is 0.410 e. The minimum Gasteiger partial charge on any atom is -0.444 e. The Kier molecular flexibility index (Phi) is 9.39. The number of amides is 1. The van der Waals surface area contributed by atoms with E-state index in [1.807, 2.05) is 61.5 Å². The number of benzene rings is 1. The molecule has 1 amide bonds. The highest BCUT2D eigenvalue weighted by Gasteiger charge is 2.28. The number of anilines is 1. The van der Waals surface area contributed by atoms with Gasteiger partial charge in [-0.3, -0.25) is 14.0 Å². The molecule has 0 bridgehead atoms. The van der Waals surface area contributed by atoms with E-state index in [2.05, 4.69) is 29.6 Å². The van der Waals surface area contributed by atoms with Gasteiger partial charge in [0.15, 0.2) is 5.65 Å². The van der Waals surface area contributed by atoms with E-state index in [0.717, 1.165) is 35.5 Å². The molecule has 4 heterocycles. The maximum atomic E-state index is 14.2. The molecule has 0 aliphatic carbocycles. The van der Waals surface area contributed by atoms with Crippen LogP contribution >= 0.6 is 11.6 Å². The lowest BCUT2D eigenvalue weighted by Crippen LogP contribution is -2.40. The van der Waals surface area contributed by atoms with Gasteiger partial charge >= 0.3 is 6.09 Å². The summed E-state index contributed by atoms with van der Waals surface area (Å²) in [6.45, 7) is 18.4. The monoisotopic (exact) mass is 655 g/mol. The Balaban J connectivity index is 1.55. The van der Waals surface area contributed by atoms with Crippen molar-refractivity contribution in [3.63, 3.8) is 0 Å². The van der Waals surface area contributed by atoms with Gasteiger partial charge in [-0.2, -0.15) is 10.1 Å². The molecule has 0 N–H and O–H groups in total. The molecular formula is C32H46ClN7O4Si. The van der Waals surface area contributed by atoms with E-state index in [4.69, 9.17) is 26.1 Å². The topological polar surface area (TPSA) is 99.6 Å². The second-order valence-electron chi connectivity index (χ2n) is 14.0. The van der Waals surface area contributed by atoms with E-state index in [0.29, 0.717) is 60.4 Å². The Bertz CT molecular complexity index is 1770. The number of carbonyl (C=O) groups is 1. The van der Waals surface area contributed by atoms with Crippen LogP contribution in [-0.4, -0.2) is 81.4 Å². The van der Waals surface area contributed by atoms with Crippen molar-refractivity contribution in [3.05, 3.63) is 39.9 Å². The SMILES string of the molecule is CCn1cc2c(Cl)c(-c3cn(COCC[Si](C)(C)C)c4nc(N5CCCN(C(=O)OC(C)(C)C)CC5)n(C)c(=O)c34)ccc2n1. The molecule has 1 aliphatic heterocycles. The fourth-order valence-electron chi connectivity index (χ4n) is 5.54. The van der Waals surface area contributed by atoms with Crippen molar-refractivity contribution in [1.82, 2.24) is 28.8 Å². The molecule has 3 aromatic heterocycles. The maximum absolute atomic E-state index is 14.2. The Morgan fingerprint density at radius 1 is 1.07 bits per heavy atom. The highest BCUT2D eigenvalue weighted by molar-refractivity contribution is 6.76. The first-order valence-electron chi connectivity index (χ1n) is 15.7. The Labute approximate surface area is 270 Å². The van der Waals surface area contributed by atoms with Crippen molar-refractivity contribution in [2.45, 2.75) is 78.7 Å². The zero-order valence-electron chi connectivity index (χ0n) is 27.8. The van der Waals surface area contributed by atoms with Crippen LogP contribution in [0, 0.1) is 0 Å². The summed E-state index contributed by atoms with van der Waals surface area (Å²) in [6, 6.07) is 4.90. The molecule has 1 fully saturated rings. The van der Waals surface area contributed by atoms with Crippen molar-refractivity contribution < 1.29 is 14.3 Å². The minimum absolute atomic E-state index is 0.167. The number of ether oxygens (including phenoxy) is 2. The van der Waals surface area contributed by atoms with Crippen LogP contribution in [-0.2, 0) is 29.8 Å². The van der Waals surface area contributed by atoms with Crippen molar-refractivity contribution in [3.8, 4) is 11.1 Å². The summed E-state index contributed by atoms with van der Waals surface area (Å²) >= 11 is 7.01. The number of hydrogen-bond acceptors (Lipinski definition) is 7. The highest BCUT2D eigenvalue weighted by Crippen LogP contribution is 2.38. The van der Waals surface area contributed by atoms with Crippen LogP contribution in [0.5, 0.6) is 0 Å². The molecule has 5 rings (SSSR count). The number of nitrogens with zero attached hydrogens (tertiary/aromatic N) is 7. The average Bonchev–Trinajstić information content (AvgIpc) is 3.45. The molecule has 13 heteroatoms. The van der Waals surface area contributed by atoms with Crippen LogP contribution in [0.4, 0.5) is 10.7 Å². The van der Waals surface area contributed by atoms with Crippen LogP contribution in [0.2, 0.25) is 30.7 Å². The van der Waals surface area contributed by atoms with Crippen molar-refractivity contribution in [1.29, 1.82) is 0 Å². The number of fused-ring (bicyclic) bond motifs is 2. The van der Waals surface area contributed by atoms with Gasteiger partial charge in [0.2, 0.25) is 5.95 Å². The summed E-state index contributed by atoms with van der Waals surface area (Å²) in [5.74, 6) is 0.553. The number of hydrogen-bond donors (Lipinski definition) is 0. The number of aryl methyl sites for hydroxylation is 1. The number of carbonyl (C=O) groups excluding carboxylic acids is 1. The summed E-state index contributed by atoms with van der Waals surface area (Å²) in [5, 5.41) is 6.47. The molecule has 1 aromatic carbocycles. The highest BCUT2D eigenvalue weighted by atomic mass is 35.5. The van der Waals surface area contributed by atoms with E-state index in [1.165, 1.54) is 0 Å². The summed E-state index contributed by atoms with van der Waals surface area (Å²) in [6.07, 6.45) is 4.27. The minimum atomic E-state index is -1.28. The molecule has 0 spiro atoms. The fraction of sp³-hybridized carbons (Fsp3) is 0.562. The Hall–Kier alpha value is -3.35. The first kappa shape index (κ1) is 33.0. The van der Waals surface area contributed by atoms with Crippen LogP contribution in [0.15, 0.2) is 29.3 Å². The quantitative estimate of drug-likeness (QED) is 0.165. The molecule has 1 saturated heterocycles. The molecule has 45 heavy (non-hydrogen) atoms. The molecule has 0 saturated carbocycles. The zero-order chi connectivity index (χ0) is 32.7. The summed E-state index contributed by atoms with van der Waals surface area (Å²) in [5.41, 5.74) is 2.08. The van der Waals surface area contributed by atoms with Crippen LogP contribution in [0.3, 0.4) is 0 Å². The van der Waals surface area contributed by atoms with Gasteiger partial charge in [0.1, 0.15) is 12.3 Å². The van der Waals surface area contributed by atoms with Crippen LogP contribution < -0.4 is 10.5 Å². The normalized spacial score (nSPS) is 14.9. The third-order valence-corrected chi connectivity index (χ3v) is 10.1. The molecular weight excluding hydrogens is 610 g/mol. The van der Waals surface area contributed by atoms with E-state index in [-0.39, 0.29) is 18.4 Å². The van der Waals surface area contributed by atoms with Crippen molar-refractivity contribution >= 4 is 53.7 Å². The number of halogens is 1. The molecule has 11 nitrogen and oxygen atoms in total.